The van der Waals surface area contributed by atoms with Crippen LogP contribution in [0.1, 0.15) is 181 Å². The Labute approximate surface area is 412 Å². The molecular formula is C58H93N7O3. The number of anilines is 2. The predicted molar refractivity (Wildman–Crippen MR) is 279 cm³/mol. The number of aromatic nitrogens is 2. The summed E-state index contributed by atoms with van der Waals surface area (Å²) in [4.78, 5) is 39.6. The average Bonchev–Trinajstić information content (AvgIpc) is 3.93. The van der Waals surface area contributed by atoms with E-state index in [1.807, 2.05) is 18.5 Å². The first-order valence-electron chi connectivity index (χ1n) is 27.7. The zero-order valence-corrected chi connectivity index (χ0v) is 43.7. The molecule has 10 heteroatoms. The van der Waals surface area contributed by atoms with Gasteiger partial charge in [0.1, 0.15) is 6.10 Å². The molecule has 10 unspecified atom stereocenters. The number of nitrogens with two attached hydrogens (primary N) is 1. The number of hydrogen-bond donors (Lipinski definition) is 3. The van der Waals surface area contributed by atoms with Gasteiger partial charge in [0.15, 0.2) is 0 Å². The van der Waals surface area contributed by atoms with Gasteiger partial charge < -0.3 is 26.0 Å². The Morgan fingerprint density at radius 3 is 2.50 bits per heavy atom. The molecule has 0 spiro atoms. The van der Waals surface area contributed by atoms with Crippen LogP contribution in [0.15, 0.2) is 48.3 Å². The predicted octanol–water partition coefficient (Wildman–Crippen LogP) is 11.7. The molecule has 68 heavy (non-hydrogen) atoms. The van der Waals surface area contributed by atoms with Crippen molar-refractivity contribution in [2.75, 3.05) is 43.9 Å². The lowest BCUT2D eigenvalue weighted by Crippen LogP contribution is -2.51. The van der Waals surface area contributed by atoms with E-state index in [1.165, 1.54) is 69.9 Å². The van der Waals surface area contributed by atoms with Crippen molar-refractivity contribution in [3.05, 3.63) is 59.7 Å². The zero-order valence-electron chi connectivity index (χ0n) is 43.7. The molecule has 1 aliphatic heterocycles. The van der Waals surface area contributed by atoms with Crippen LogP contribution in [0.5, 0.6) is 0 Å². The van der Waals surface area contributed by atoms with Gasteiger partial charge in [-0.25, -0.2) is 0 Å². The van der Waals surface area contributed by atoms with Crippen molar-refractivity contribution in [2.24, 2.45) is 52.1 Å². The number of allylic oxidation sites excluding steroid dienone is 1. The summed E-state index contributed by atoms with van der Waals surface area (Å²) < 4.78 is 6.06. The Hall–Kier alpha value is -3.50. The van der Waals surface area contributed by atoms with Crippen LogP contribution in [0, 0.1) is 46.3 Å². The highest BCUT2D eigenvalue weighted by Gasteiger charge is 2.59. The second-order valence-electron chi connectivity index (χ2n) is 23.5. The number of likely N-dealkylation sites (tertiary alicyclic amines) is 1. The molecule has 2 aromatic rings. The lowest BCUT2D eigenvalue weighted by Gasteiger charge is -2.58. The maximum absolute atomic E-state index is 13.0. The molecule has 10 nitrogen and oxygen atoms in total. The van der Waals surface area contributed by atoms with E-state index in [0.29, 0.717) is 18.0 Å². The number of ether oxygens (including phenoxy) is 1. The monoisotopic (exact) mass is 936 g/mol. The van der Waals surface area contributed by atoms with Crippen LogP contribution in [-0.4, -0.2) is 78.7 Å². The van der Waals surface area contributed by atoms with Crippen molar-refractivity contribution in [1.29, 1.82) is 0 Å². The van der Waals surface area contributed by atoms with Crippen molar-refractivity contribution in [3.8, 4) is 0 Å². The highest BCUT2D eigenvalue weighted by Crippen LogP contribution is 2.67. The van der Waals surface area contributed by atoms with Crippen LogP contribution >= 0.6 is 0 Å². The third kappa shape index (κ3) is 13.5. The molecule has 1 saturated heterocycles. The smallest absolute Gasteiger partial charge is 0.306 e. The van der Waals surface area contributed by atoms with Crippen molar-refractivity contribution < 1.29 is 14.3 Å². The normalized spacial score (nSPS) is 28.8. The highest BCUT2D eigenvalue weighted by molar-refractivity contribution is 5.81. The molecule has 7 rings (SSSR count). The van der Waals surface area contributed by atoms with Gasteiger partial charge >= 0.3 is 5.97 Å². The van der Waals surface area contributed by atoms with E-state index in [2.05, 4.69) is 103 Å². The summed E-state index contributed by atoms with van der Waals surface area (Å²) in [7, 11) is 4.14. The fourth-order valence-corrected chi connectivity index (χ4v) is 14.4. The van der Waals surface area contributed by atoms with Crippen LogP contribution < -0.4 is 21.3 Å². The fourth-order valence-electron chi connectivity index (χ4n) is 14.4. The Kier molecular flexibility index (Phi) is 18.9. The molecule has 0 bridgehead atoms. The van der Waals surface area contributed by atoms with Crippen LogP contribution in [0.25, 0.3) is 0 Å². The first-order chi connectivity index (χ1) is 32.7. The van der Waals surface area contributed by atoms with Gasteiger partial charge in [0.25, 0.3) is 0 Å². The summed E-state index contributed by atoms with van der Waals surface area (Å²) in [6.45, 7) is 15.9. The Bertz CT molecular complexity index is 1950. The molecule has 0 aromatic carbocycles. The Morgan fingerprint density at radius 2 is 1.68 bits per heavy atom. The highest BCUT2D eigenvalue weighted by atomic mass is 16.5. The van der Waals surface area contributed by atoms with E-state index in [-0.39, 0.29) is 42.3 Å². The minimum atomic E-state index is -0.233. The number of esters is 1. The van der Waals surface area contributed by atoms with Crippen LogP contribution in [0.3, 0.4) is 0 Å². The quantitative estimate of drug-likeness (QED) is 0.0507. The van der Waals surface area contributed by atoms with Gasteiger partial charge in [-0.2, -0.15) is 0 Å². The maximum atomic E-state index is 13.0. The number of unbranched alkanes of at least 4 members (excludes halogenated alkanes) is 3. The molecule has 4 aliphatic carbocycles. The maximum Gasteiger partial charge on any atom is 0.306 e. The van der Waals surface area contributed by atoms with Gasteiger partial charge in [-0.05, 0) is 167 Å². The number of fused-ring (bicyclic) bond motifs is 5. The van der Waals surface area contributed by atoms with Crippen LogP contribution in [0.2, 0.25) is 0 Å². The summed E-state index contributed by atoms with van der Waals surface area (Å²) >= 11 is 0. The van der Waals surface area contributed by atoms with Crippen molar-refractivity contribution >= 4 is 23.3 Å². The minimum absolute atomic E-state index is 0.0633. The summed E-state index contributed by atoms with van der Waals surface area (Å²) in [6, 6.07) is 9.07. The van der Waals surface area contributed by atoms with Crippen LogP contribution in [0.4, 0.5) is 11.4 Å². The third-order valence-corrected chi connectivity index (χ3v) is 18.2. The standard InChI is InChI=1S/C58H93N7O3/c1-41(2)15-13-16-42(3)50-22-23-51-49-21-20-43-37-48(26-30-57(43,4)52(49)27-31-58(50,51)5)68-56(67)25-24-55(66)63-33-12-11-32-60-45-28-34-61-44(38-45)17-9-8-10-18-53(59)54-19-14-36-65(54)40-46-39-47(64(6)7)29-35-62-46/h20,28-29,34-35,38-39,41-42,48-54H,8-19,21-27,30-33,36-37,40,59H2,1-7H3,(H,60,61)(H,63,66). The number of aryl methyl sites for hydroxylation is 1. The van der Waals surface area contributed by atoms with E-state index in [1.54, 1.807) is 5.57 Å². The molecule has 2 aromatic heterocycles. The molecule has 5 aliphatic rings. The van der Waals surface area contributed by atoms with E-state index in [0.717, 1.165) is 136 Å². The number of hydrogen-bond acceptors (Lipinski definition) is 9. The van der Waals surface area contributed by atoms with Crippen molar-refractivity contribution in [2.45, 2.75) is 201 Å². The van der Waals surface area contributed by atoms with Gasteiger partial charge in [0, 0.05) is 88.1 Å². The van der Waals surface area contributed by atoms with Crippen LogP contribution in [-0.2, 0) is 27.3 Å². The third-order valence-electron chi connectivity index (χ3n) is 18.2. The second-order valence-corrected chi connectivity index (χ2v) is 23.5. The number of nitrogens with zero attached hydrogens (tertiary/aromatic N) is 4. The number of pyridine rings is 2. The Morgan fingerprint density at radius 1 is 0.868 bits per heavy atom. The number of amides is 1. The molecular weight excluding hydrogens is 843 g/mol. The lowest BCUT2D eigenvalue weighted by molar-refractivity contribution is -0.152. The van der Waals surface area contributed by atoms with E-state index >= 15 is 0 Å². The summed E-state index contributed by atoms with van der Waals surface area (Å²) in [6.07, 6.45) is 30.1. The number of rotatable bonds is 25. The first-order valence-corrected chi connectivity index (χ1v) is 27.7. The summed E-state index contributed by atoms with van der Waals surface area (Å²) in [5.41, 5.74) is 13.6. The molecule has 3 heterocycles. The van der Waals surface area contributed by atoms with Crippen molar-refractivity contribution in [1.82, 2.24) is 20.2 Å². The van der Waals surface area contributed by atoms with Crippen molar-refractivity contribution in [3.63, 3.8) is 0 Å². The molecule has 4 fully saturated rings. The minimum Gasteiger partial charge on any atom is -0.462 e. The lowest BCUT2D eigenvalue weighted by atomic mass is 9.47. The SMILES string of the molecule is CC(C)CCCC(C)C1CCC2C3CC=C4CC(OC(=O)CCC(=O)NCCCCNc5ccnc(CCCCCC(N)C6CCCN6Cc6cc(N(C)C)ccn6)c5)CCC4(C)C3CCC12C. The zero-order chi connectivity index (χ0) is 48.3. The molecule has 378 valence electrons. The number of carbonyl (C=O) groups excluding carboxylic acids is 2. The van der Waals surface area contributed by atoms with E-state index in [4.69, 9.17) is 10.5 Å². The van der Waals surface area contributed by atoms with E-state index < -0.39 is 0 Å². The van der Waals surface area contributed by atoms with E-state index in [9.17, 15) is 9.59 Å². The molecule has 1 amide bonds. The van der Waals surface area contributed by atoms with Gasteiger partial charge in [0.2, 0.25) is 5.91 Å². The summed E-state index contributed by atoms with van der Waals surface area (Å²) in [5.74, 6) is 4.63. The largest absolute Gasteiger partial charge is 0.462 e. The van der Waals surface area contributed by atoms with Gasteiger partial charge in [-0.3, -0.25) is 24.5 Å². The molecule has 0 radical (unpaired) electrons. The van der Waals surface area contributed by atoms with Gasteiger partial charge in [-0.1, -0.05) is 78.4 Å². The summed E-state index contributed by atoms with van der Waals surface area (Å²) in [5, 5.41) is 6.56. The van der Waals surface area contributed by atoms with Gasteiger partial charge in [0.05, 0.1) is 12.1 Å². The fraction of sp³-hybridized carbons (Fsp3) is 0.759. The molecule has 4 N–H and O–H groups in total. The average molecular weight is 936 g/mol. The number of nitrogens with one attached hydrogen (secondary N) is 2. The first kappa shape index (κ1) is 52.3. The molecule has 3 saturated carbocycles. The number of carbonyl (C=O) groups is 2. The Balaban J connectivity index is 0.726. The molecule has 10 atom stereocenters. The second kappa shape index (κ2) is 24.6. The van der Waals surface area contributed by atoms with Gasteiger partial charge in [-0.15, -0.1) is 0 Å². The topological polar surface area (TPSA) is 126 Å².